The molecule has 2 saturated heterocycles. The molecule has 4 aliphatic carbocycles. The van der Waals surface area contributed by atoms with Gasteiger partial charge in [0.2, 0.25) is 0 Å². The van der Waals surface area contributed by atoms with Crippen molar-refractivity contribution in [2.45, 2.75) is 204 Å². The third-order valence-electron chi connectivity index (χ3n) is 12.0. The summed E-state index contributed by atoms with van der Waals surface area (Å²) >= 11 is 0. The Hall–Kier alpha value is -1.83. The molecule has 4 fully saturated rings. The van der Waals surface area contributed by atoms with Crippen LogP contribution in [0.4, 0.5) is 0 Å². The third-order valence-corrected chi connectivity index (χ3v) is 18.9. The molecule has 2 N–H and O–H groups in total. The first-order valence-corrected chi connectivity index (χ1v) is 39.0. The zero-order valence-corrected chi connectivity index (χ0v) is 46.2. The van der Waals surface area contributed by atoms with Crippen molar-refractivity contribution in [1.29, 1.82) is 0 Å². The standard InChI is InChI=1S/2C12H22O3Si.C12H22O2Si.C7H10O2.C5H14OSi.B/c2*1-16(2,3)7-6-14-12(13)9-4-5-10-11(8-9)15-10;1-15(2,3)10-9-14-12(13)11-7-5-4-6-8-11;8-7(9)6-4-2-1-3-5-6;1-7(2,3)5-4-6;/h2*9-11H,4-8H2,1-3H3;4-5,11H,6-10H2,1-3H3;1-2,6H,3-5H2,(H,8,9);6H,4-5H2,1-3H3;/t9-,10+,11-;9-,10-,11+;;;;/m00..../s1. The first-order valence-electron chi connectivity index (χ1n) is 24.2. The highest BCUT2D eigenvalue weighted by molar-refractivity contribution is 6.77. The molecule has 3 radical (unpaired) electrons. The normalized spacial score (nSPS) is 26.5. The van der Waals surface area contributed by atoms with Gasteiger partial charge < -0.3 is 33.9 Å². The van der Waals surface area contributed by atoms with Crippen LogP contribution in [0.5, 0.6) is 0 Å². The summed E-state index contributed by atoms with van der Waals surface area (Å²) in [4.78, 5) is 45.5. The van der Waals surface area contributed by atoms with Crippen LogP contribution in [-0.2, 0) is 42.9 Å². The van der Waals surface area contributed by atoms with Crippen molar-refractivity contribution in [3.8, 4) is 0 Å². The summed E-state index contributed by atoms with van der Waals surface area (Å²) in [5.74, 6) is -0.418. The maximum absolute atomic E-state index is 11.8. The van der Waals surface area contributed by atoms with Gasteiger partial charge >= 0.3 is 23.9 Å². The number of aliphatic hydroxyl groups is 1. The number of rotatable bonds is 15. The Kier molecular flexibility index (Phi) is 27.4. The summed E-state index contributed by atoms with van der Waals surface area (Å²) in [5, 5.41) is 16.9. The summed E-state index contributed by atoms with van der Waals surface area (Å²) < 4.78 is 26.9. The molecular formula is C48H90BO11Si4. The number of aliphatic hydroxyl groups excluding tert-OH is 1. The minimum absolute atomic E-state index is 0. The average molecular weight is 966 g/mol. The first kappa shape index (κ1) is 60.2. The minimum atomic E-state index is -1.08. The quantitative estimate of drug-likeness (QED) is 0.0528. The second-order valence-electron chi connectivity index (χ2n) is 23.2. The summed E-state index contributed by atoms with van der Waals surface area (Å²) in [7, 11) is -4.13. The van der Waals surface area contributed by atoms with Gasteiger partial charge in [0.25, 0.3) is 0 Å². The van der Waals surface area contributed by atoms with E-state index in [0.29, 0.717) is 50.8 Å². The van der Waals surface area contributed by atoms with E-state index in [1.807, 2.05) is 12.2 Å². The van der Waals surface area contributed by atoms with Crippen LogP contribution in [0.15, 0.2) is 24.3 Å². The van der Waals surface area contributed by atoms with E-state index in [0.717, 1.165) is 101 Å². The number of aliphatic carboxylic acids is 1. The molecule has 0 aromatic heterocycles. The maximum atomic E-state index is 11.8. The van der Waals surface area contributed by atoms with Gasteiger partial charge in [-0.25, -0.2) is 0 Å². The van der Waals surface area contributed by atoms with Crippen LogP contribution in [0.1, 0.15) is 77.0 Å². The Morgan fingerprint density at radius 1 is 0.484 bits per heavy atom. The van der Waals surface area contributed by atoms with E-state index in [4.69, 9.17) is 33.9 Å². The number of carbonyl (C=O) groups is 4. The molecule has 6 aliphatic rings. The zero-order chi connectivity index (χ0) is 47.4. The molecule has 6 rings (SSSR count). The molecule has 367 valence electrons. The van der Waals surface area contributed by atoms with E-state index in [9.17, 15) is 19.2 Å². The smallest absolute Gasteiger partial charge is 0.309 e. The number of carbonyl (C=O) groups excluding carboxylic acids is 3. The molecule has 16 heteroatoms. The molecule has 0 spiro atoms. The molecule has 2 aliphatic heterocycles. The van der Waals surface area contributed by atoms with Gasteiger partial charge in [-0.1, -0.05) is 103 Å². The Balaban J connectivity index is 0.000000411. The van der Waals surface area contributed by atoms with E-state index in [2.05, 4.69) is 90.7 Å². The van der Waals surface area contributed by atoms with E-state index in [-0.39, 0.29) is 50.0 Å². The van der Waals surface area contributed by atoms with E-state index >= 15 is 0 Å². The number of allylic oxidation sites excluding steroid dienone is 4. The predicted molar refractivity (Wildman–Crippen MR) is 271 cm³/mol. The molecule has 8 atom stereocenters. The van der Waals surface area contributed by atoms with Gasteiger partial charge in [-0.3, -0.25) is 19.2 Å². The fraction of sp³-hybridized carbons (Fsp3) is 0.833. The van der Waals surface area contributed by atoms with Crippen LogP contribution in [0.3, 0.4) is 0 Å². The Morgan fingerprint density at radius 3 is 1.08 bits per heavy atom. The molecular weight excluding hydrogens is 876 g/mol. The summed E-state index contributed by atoms with van der Waals surface area (Å²) in [6.45, 7) is 29.6. The Morgan fingerprint density at radius 2 is 0.828 bits per heavy atom. The second-order valence-corrected chi connectivity index (χ2v) is 45.7. The minimum Gasteiger partial charge on any atom is -0.481 e. The largest absolute Gasteiger partial charge is 0.481 e. The van der Waals surface area contributed by atoms with Gasteiger partial charge in [-0.15, -0.1) is 0 Å². The monoisotopic (exact) mass is 966 g/mol. The third kappa shape index (κ3) is 29.0. The van der Waals surface area contributed by atoms with Crippen molar-refractivity contribution < 1.29 is 53.1 Å². The SMILES string of the molecule is C[Si](C)(C)CCO.C[Si](C)(C)CCOC(=O)C1CC=CCC1.C[Si](C)(C)CCOC(=O)[C@H]1CC[C@@H]2O[C@@H]2C1.C[Si](C)(C)CCOC(=O)[C@H]1CC[C@H]2O[C@H]2C1.O=C(O)C1CC=CCC1.[B]. The number of ether oxygens (including phenoxy) is 5. The van der Waals surface area contributed by atoms with Crippen LogP contribution >= 0.6 is 0 Å². The van der Waals surface area contributed by atoms with Crippen molar-refractivity contribution in [3.05, 3.63) is 24.3 Å². The molecule has 64 heavy (non-hydrogen) atoms. The summed E-state index contributed by atoms with van der Waals surface area (Å²) in [5.41, 5.74) is 0. The summed E-state index contributed by atoms with van der Waals surface area (Å²) in [6, 6.07) is 4.23. The van der Waals surface area contributed by atoms with Crippen LogP contribution in [0.25, 0.3) is 0 Å². The van der Waals surface area contributed by atoms with Gasteiger partial charge in [0.1, 0.15) is 0 Å². The van der Waals surface area contributed by atoms with Crippen molar-refractivity contribution in [2.75, 3.05) is 26.4 Å². The second kappa shape index (κ2) is 29.1. The van der Waals surface area contributed by atoms with Crippen molar-refractivity contribution in [2.24, 2.45) is 23.7 Å². The van der Waals surface area contributed by atoms with E-state index in [1.54, 1.807) is 0 Å². The van der Waals surface area contributed by atoms with Gasteiger partial charge in [-0.2, -0.15) is 0 Å². The van der Waals surface area contributed by atoms with Crippen LogP contribution in [-0.4, -0.2) is 126 Å². The van der Waals surface area contributed by atoms with Gasteiger partial charge in [-0.05, 0) is 101 Å². The number of carboxylic acids is 1. The topological polar surface area (TPSA) is 161 Å². The van der Waals surface area contributed by atoms with Gasteiger partial charge in [0, 0.05) is 47.3 Å². The van der Waals surface area contributed by atoms with Crippen LogP contribution in [0, 0.1) is 23.7 Å². The maximum Gasteiger partial charge on any atom is 0.309 e. The highest BCUT2D eigenvalue weighted by Gasteiger charge is 2.47. The molecule has 0 aromatic carbocycles. The molecule has 2 saturated carbocycles. The Bertz CT molecular complexity index is 1390. The lowest BCUT2D eigenvalue weighted by Gasteiger charge is -2.19. The number of hydrogen-bond acceptors (Lipinski definition) is 10. The molecule has 11 nitrogen and oxygen atoms in total. The van der Waals surface area contributed by atoms with Gasteiger partial charge in [0.15, 0.2) is 0 Å². The first-order chi connectivity index (χ1) is 29.3. The van der Waals surface area contributed by atoms with Gasteiger partial charge in [0.05, 0.1) is 67.9 Å². The number of epoxide rings is 2. The lowest BCUT2D eigenvalue weighted by Crippen LogP contribution is -2.27. The lowest BCUT2D eigenvalue weighted by molar-refractivity contribution is -0.149. The fourth-order valence-electron chi connectivity index (χ4n) is 7.32. The highest BCUT2D eigenvalue weighted by atomic mass is 28.3. The molecule has 2 unspecified atom stereocenters. The van der Waals surface area contributed by atoms with E-state index < -0.39 is 38.3 Å². The van der Waals surface area contributed by atoms with Crippen LogP contribution in [0.2, 0.25) is 103 Å². The molecule has 0 amide bonds. The van der Waals surface area contributed by atoms with E-state index in [1.165, 1.54) is 0 Å². The summed E-state index contributed by atoms with van der Waals surface area (Å²) in [6.07, 6.45) is 20.9. The number of carboxylic acid groups (broad SMARTS) is 1. The zero-order valence-electron chi connectivity index (χ0n) is 42.2. The Labute approximate surface area is 394 Å². The van der Waals surface area contributed by atoms with Crippen molar-refractivity contribution in [1.82, 2.24) is 0 Å². The molecule has 2 heterocycles. The molecule has 0 aromatic rings. The predicted octanol–water partition coefficient (Wildman–Crippen LogP) is 10.5. The van der Waals surface area contributed by atoms with Crippen LogP contribution < -0.4 is 0 Å². The fourth-order valence-corrected chi connectivity index (χ4v) is 10.1. The highest BCUT2D eigenvalue weighted by Crippen LogP contribution is 2.40. The average Bonchev–Trinajstić information content (AvgIpc) is 4.13. The number of fused-ring (bicyclic) bond motifs is 2. The number of esters is 3. The van der Waals surface area contributed by atoms with Crippen molar-refractivity contribution in [3.63, 3.8) is 0 Å². The lowest BCUT2D eigenvalue weighted by atomic mass is 9.89. The van der Waals surface area contributed by atoms with Crippen molar-refractivity contribution >= 4 is 64.6 Å². The number of hydrogen-bond donors (Lipinski definition) is 2. The molecule has 0 bridgehead atoms.